The highest BCUT2D eigenvalue weighted by Gasteiger charge is 2.19. The fourth-order valence-corrected chi connectivity index (χ4v) is 2.78. The van der Waals surface area contributed by atoms with Crippen LogP contribution < -0.4 is 5.56 Å². The molecule has 3 aromatic rings. The monoisotopic (exact) mass is 305 g/mol. The van der Waals surface area contributed by atoms with E-state index in [0.29, 0.717) is 33.3 Å². The first-order valence-corrected chi connectivity index (χ1v) is 6.99. The summed E-state index contributed by atoms with van der Waals surface area (Å²) < 4.78 is 6.41. The first-order valence-electron chi connectivity index (χ1n) is 6.18. The van der Waals surface area contributed by atoms with Gasteiger partial charge in [-0.15, -0.1) is 0 Å². The number of H-pyrrole nitrogens is 1. The van der Waals surface area contributed by atoms with Crippen molar-refractivity contribution in [2.45, 2.75) is 13.8 Å². The van der Waals surface area contributed by atoms with Crippen LogP contribution in [0.15, 0.2) is 17.3 Å². The molecule has 0 spiro atoms. The van der Waals surface area contributed by atoms with Gasteiger partial charge in [-0.05, 0) is 13.8 Å². The zero-order valence-electron chi connectivity index (χ0n) is 11.3. The molecule has 0 saturated carbocycles. The maximum atomic E-state index is 11.8. The largest absolute Gasteiger partial charge is 0.462 e. The highest BCUT2D eigenvalue weighted by Crippen LogP contribution is 2.23. The van der Waals surface area contributed by atoms with Gasteiger partial charge in [0.15, 0.2) is 5.65 Å². The van der Waals surface area contributed by atoms with Gasteiger partial charge in [-0.3, -0.25) is 4.79 Å². The van der Waals surface area contributed by atoms with E-state index in [4.69, 9.17) is 4.74 Å². The second kappa shape index (κ2) is 5.09. The highest BCUT2D eigenvalue weighted by molar-refractivity contribution is 7.16. The van der Waals surface area contributed by atoms with Crippen molar-refractivity contribution in [3.63, 3.8) is 0 Å². The molecule has 0 aliphatic carbocycles. The number of carbonyl (C=O) groups excluding carboxylic acids is 1. The van der Waals surface area contributed by atoms with Crippen molar-refractivity contribution >= 4 is 28.3 Å². The van der Waals surface area contributed by atoms with Crippen LogP contribution in [0.5, 0.6) is 0 Å². The maximum absolute atomic E-state index is 11.8. The molecule has 9 heteroatoms. The van der Waals surface area contributed by atoms with Crippen LogP contribution in [-0.2, 0) is 4.74 Å². The van der Waals surface area contributed by atoms with Crippen LogP contribution >= 0.6 is 11.3 Å². The zero-order chi connectivity index (χ0) is 15.0. The van der Waals surface area contributed by atoms with Gasteiger partial charge in [0, 0.05) is 0 Å². The Bertz CT molecular complexity index is 879. The molecule has 1 N–H and O–H groups in total. The number of nitrogens with zero attached hydrogens (tertiary/aromatic N) is 4. The minimum absolute atomic E-state index is 0.273. The Hall–Kier alpha value is -2.55. The topological polar surface area (TPSA) is 103 Å². The number of aryl methyl sites for hydroxylation is 1. The first kappa shape index (κ1) is 13.4. The number of fused-ring (bicyclic) bond motifs is 1. The van der Waals surface area contributed by atoms with E-state index in [1.165, 1.54) is 17.2 Å². The second-order valence-corrected chi connectivity index (χ2v) is 5.13. The van der Waals surface area contributed by atoms with E-state index in [9.17, 15) is 9.59 Å². The molecule has 0 atom stereocenters. The molecule has 0 fully saturated rings. The lowest BCUT2D eigenvalue weighted by atomic mass is 10.4. The molecule has 0 saturated heterocycles. The predicted octanol–water partition coefficient (Wildman–Crippen LogP) is 1.05. The Labute approximate surface area is 122 Å². The van der Waals surface area contributed by atoms with Gasteiger partial charge in [0.1, 0.15) is 10.3 Å². The Balaban J connectivity index is 2.12. The zero-order valence-corrected chi connectivity index (χ0v) is 12.1. The van der Waals surface area contributed by atoms with Crippen LogP contribution in [0.4, 0.5) is 0 Å². The number of esters is 1. The Morgan fingerprint density at radius 1 is 1.52 bits per heavy atom. The van der Waals surface area contributed by atoms with E-state index in [-0.39, 0.29) is 5.56 Å². The van der Waals surface area contributed by atoms with E-state index >= 15 is 0 Å². The van der Waals surface area contributed by atoms with Crippen LogP contribution in [0.2, 0.25) is 0 Å². The molecule has 8 nitrogen and oxygen atoms in total. The third kappa shape index (κ3) is 2.21. The number of nitrogens with one attached hydrogen (secondary N) is 1. The van der Waals surface area contributed by atoms with Crippen molar-refractivity contribution in [2.24, 2.45) is 0 Å². The maximum Gasteiger partial charge on any atom is 0.350 e. The molecule has 0 unspecified atom stereocenters. The molecule has 0 aromatic carbocycles. The van der Waals surface area contributed by atoms with Gasteiger partial charge in [-0.2, -0.15) is 9.78 Å². The van der Waals surface area contributed by atoms with E-state index in [0.717, 1.165) is 11.3 Å². The fourth-order valence-electron chi connectivity index (χ4n) is 1.85. The molecule has 0 aliphatic heterocycles. The van der Waals surface area contributed by atoms with Crippen LogP contribution in [0, 0.1) is 6.92 Å². The number of hydrogen-bond acceptors (Lipinski definition) is 7. The standard InChI is InChI=1S/C12H11N5O3S/c1-3-20-11(19)8-6(2)16-12(21-8)17-9-7(4-15-17)10(18)14-5-13-9/h4-5H,3H2,1-2H3,(H,13,14,18). The summed E-state index contributed by atoms with van der Waals surface area (Å²) in [6, 6.07) is 0. The molecule has 21 heavy (non-hydrogen) atoms. The van der Waals surface area contributed by atoms with E-state index in [1.54, 1.807) is 13.8 Å². The number of aromatic nitrogens is 5. The number of hydrogen-bond donors (Lipinski definition) is 1. The Kier molecular flexibility index (Phi) is 3.26. The Morgan fingerprint density at radius 2 is 2.33 bits per heavy atom. The van der Waals surface area contributed by atoms with Crippen molar-refractivity contribution in [1.82, 2.24) is 24.7 Å². The molecule has 3 rings (SSSR count). The fraction of sp³-hybridized carbons (Fsp3) is 0.250. The average molecular weight is 305 g/mol. The number of aromatic amines is 1. The number of rotatable bonds is 3. The minimum Gasteiger partial charge on any atom is -0.462 e. The molecule has 0 bridgehead atoms. The second-order valence-electron chi connectivity index (χ2n) is 4.16. The van der Waals surface area contributed by atoms with Gasteiger partial charge in [-0.25, -0.2) is 14.8 Å². The molecule has 3 aromatic heterocycles. The molecule has 0 radical (unpaired) electrons. The van der Waals surface area contributed by atoms with Crippen molar-refractivity contribution in [3.05, 3.63) is 33.4 Å². The minimum atomic E-state index is -0.416. The summed E-state index contributed by atoms with van der Waals surface area (Å²) in [7, 11) is 0. The lowest BCUT2D eigenvalue weighted by Crippen LogP contribution is -2.06. The number of ether oxygens (including phenoxy) is 1. The normalized spacial score (nSPS) is 11.0. The summed E-state index contributed by atoms with van der Waals surface area (Å²) >= 11 is 1.15. The third-order valence-electron chi connectivity index (χ3n) is 2.80. The van der Waals surface area contributed by atoms with Gasteiger partial charge < -0.3 is 9.72 Å². The van der Waals surface area contributed by atoms with Crippen LogP contribution in [0.3, 0.4) is 0 Å². The van der Waals surface area contributed by atoms with Gasteiger partial charge in [0.2, 0.25) is 5.13 Å². The van der Waals surface area contributed by atoms with Crippen molar-refractivity contribution in [3.8, 4) is 5.13 Å². The summed E-state index contributed by atoms with van der Waals surface area (Å²) in [6.07, 6.45) is 2.72. The van der Waals surface area contributed by atoms with Crippen molar-refractivity contribution < 1.29 is 9.53 Å². The highest BCUT2D eigenvalue weighted by atomic mass is 32.1. The number of thiazole rings is 1. The molecule has 0 amide bonds. The smallest absolute Gasteiger partial charge is 0.350 e. The predicted molar refractivity (Wildman–Crippen MR) is 75.9 cm³/mol. The quantitative estimate of drug-likeness (QED) is 0.725. The number of carbonyl (C=O) groups is 1. The van der Waals surface area contributed by atoms with E-state index in [2.05, 4.69) is 20.1 Å². The summed E-state index contributed by atoms with van der Waals surface area (Å²) in [6.45, 7) is 3.76. The molecule has 108 valence electrons. The lowest BCUT2D eigenvalue weighted by Gasteiger charge is -1.97. The summed E-state index contributed by atoms with van der Waals surface area (Å²) in [5, 5.41) is 4.94. The van der Waals surface area contributed by atoms with Crippen molar-refractivity contribution in [2.75, 3.05) is 6.61 Å². The molecule has 0 aliphatic rings. The van der Waals surface area contributed by atoms with Crippen LogP contribution in [-0.4, -0.2) is 37.3 Å². The van der Waals surface area contributed by atoms with Gasteiger partial charge in [-0.1, -0.05) is 11.3 Å². The van der Waals surface area contributed by atoms with E-state index in [1.807, 2.05) is 0 Å². The van der Waals surface area contributed by atoms with E-state index < -0.39 is 5.97 Å². The van der Waals surface area contributed by atoms with Gasteiger partial charge in [0.05, 0.1) is 24.8 Å². The summed E-state index contributed by atoms with van der Waals surface area (Å²) in [5.41, 5.74) is 0.676. The van der Waals surface area contributed by atoms with Crippen LogP contribution in [0.25, 0.3) is 16.2 Å². The third-order valence-corrected chi connectivity index (χ3v) is 3.91. The average Bonchev–Trinajstić information content (AvgIpc) is 3.03. The van der Waals surface area contributed by atoms with Crippen LogP contribution in [0.1, 0.15) is 22.3 Å². The molecular formula is C12H11N5O3S. The first-order chi connectivity index (χ1) is 10.1. The van der Waals surface area contributed by atoms with Crippen molar-refractivity contribution in [1.29, 1.82) is 0 Å². The molecule has 3 heterocycles. The Morgan fingerprint density at radius 3 is 3.10 bits per heavy atom. The summed E-state index contributed by atoms with van der Waals surface area (Å²) in [4.78, 5) is 34.8. The lowest BCUT2D eigenvalue weighted by molar-refractivity contribution is 0.0531. The van der Waals surface area contributed by atoms with Gasteiger partial charge >= 0.3 is 5.97 Å². The molecular weight excluding hydrogens is 294 g/mol. The SMILES string of the molecule is CCOC(=O)c1sc(-n2ncc3c(=O)[nH]cnc32)nc1C. The summed E-state index contributed by atoms with van der Waals surface area (Å²) in [5.74, 6) is -0.416. The van der Waals surface area contributed by atoms with Gasteiger partial charge in [0.25, 0.3) is 5.56 Å².